The van der Waals surface area contributed by atoms with Crippen LogP contribution < -0.4 is 9.21 Å². The molecule has 0 aromatic heterocycles. The molecule has 128 valence electrons. The smallest absolute Gasteiger partial charge is 0.258 e. The zero-order chi connectivity index (χ0) is 18.1. The van der Waals surface area contributed by atoms with Crippen LogP contribution in [0.2, 0.25) is 5.02 Å². The van der Waals surface area contributed by atoms with Crippen molar-refractivity contribution >= 4 is 38.9 Å². The summed E-state index contributed by atoms with van der Waals surface area (Å²) in [4.78, 5) is 13.9. The van der Waals surface area contributed by atoms with Crippen molar-refractivity contribution in [2.75, 3.05) is 29.6 Å². The lowest BCUT2D eigenvalue weighted by atomic mass is 10.1. The van der Waals surface area contributed by atoms with Gasteiger partial charge < -0.3 is 4.90 Å². The van der Waals surface area contributed by atoms with Gasteiger partial charge in [-0.05, 0) is 42.5 Å². The molecule has 0 heterocycles. The van der Waals surface area contributed by atoms with E-state index in [-0.39, 0.29) is 22.2 Å². The third kappa shape index (κ3) is 3.85. The fraction of sp³-hybridized carbons (Fsp3) is 0.188. The number of carbonyl (C=O) groups is 1. The lowest BCUT2D eigenvalue weighted by molar-refractivity contribution is 0.0993. The maximum atomic E-state index is 13.0. The quantitative estimate of drug-likeness (QED) is 0.830. The molecule has 2 aromatic rings. The third-order valence-corrected chi connectivity index (χ3v) is 5.06. The van der Waals surface area contributed by atoms with E-state index in [9.17, 15) is 17.6 Å². The first-order valence-corrected chi connectivity index (χ1v) is 9.11. The van der Waals surface area contributed by atoms with Gasteiger partial charge in [-0.2, -0.15) is 0 Å². The Kier molecular flexibility index (Phi) is 5.15. The SMILES string of the molecule is CN(C(=O)c1ccc(Cl)c(N(C)S(C)(=O)=O)c1)c1ccc(F)cc1. The average Bonchev–Trinajstić information content (AvgIpc) is 2.53. The molecule has 0 bridgehead atoms. The summed E-state index contributed by atoms with van der Waals surface area (Å²) in [7, 11) is -0.614. The average molecular weight is 371 g/mol. The Balaban J connectivity index is 2.38. The van der Waals surface area contributed by atoms with Gasteiger partial charge in [0.15, 0.2) is 0 Å². The second kappa shape index (κ2) is 6.78. The molecule has 0 aliphatic carbocycles. The minimum Gasteiger partial charge on any atom is -0.311 e. The van der Waals surface area contributed by atoms with Crippen molar-refractivity contribution in [1.29, 1.82) is 0 Å². The molecule has 0 saturated heterocycles. The highest BCUT2D eigenvalue weighted by molar-refractivity contribution is 7.92. The molecule has 2 rings (SSSR count). The van der Waals surface area contributed by atoms with E-state index in [0.29, 0.717) is 5.69 Å². The number of amides is 1. The Morgan fingerprint density at radius 2 is 1.67 bits per heavy atom. The fourth-order valence-electron chi connectivity index (χ4n) is 2.04. The van der Waals surface area contributed by atoms with E-state index < -0.39 is 15.8 Å². The number of hydrogen-bond donors (Lipinski definition) is 0. The minimum absolute atomic E-state index is 0.206. The number of nitrogens with zero attached hydrogens (tertiary/aromatic N) is 2. The predicted octanol–water partition coefficient (Wildman–Crippen LogP) is 3.15. The molecule has 1 amide bonds. The van der Waals surface area contributed by atoms with Gasteiger partial charge in [0.1, 0.15) is 5.82 Å². The topological polar surface area (TPSA) is 57.7 Å². The van der Waals surface area contributed by atoms with Gasteiger partial charge in [0, 0.05) is 25.3 Å². The van der Waals surface area contributed by atoms with Crippen LogP contribution in [-0.4, -0.2) is 34.7 Å². The van der Waals surface area contributed by atoms with E-state index in [1.807, 2.05) is 0 Å². The first kappa shape index (κ1) is 18.2. The van der Waals surface area contributed by atoms with E-state index >= 15 is 0 Å². The Morgan fingerprint density at radius 3 is 2.21 bits per heavy atom. The van der Waals surface area contributed by atoms with E-state index in [2.05, 4.69) is 0 Å². The summed E-state index contributed by atoms with van der Waals surface area (Å²) in [5.41, 5.74) is 0.976. The number of halogens is 2. The molecular formula is C16H16ClFN2O3S. The number of rotatable bonds is 4. The lowest BCUT2D eigenvalue weighted by Crippen LogP contribution is -2.28. The summed E-state index contributed by atoms with van der Waals surface area (Å²) in [6.07, 6.45) is 1.04. The molecule has 0 aliphatic heterocycles. The first-order valence-electron chi connectivity index (χ1n) is 6.88. The highest BCUT2D eigenvalue weighted by Crippen LogP contribution is 2.28. The second-order valence-electron chi connectivity index (χ2n) is 5.24. The van der Waals surface area contributed by atoms with Crippen LogP contribution in [0.25, 0.3) is 0 Å². The predicted molar refractivity (Wildman–Crippen MR) is 93.8 cm³/mol. The van der Waals surface area contributed by atoms with Gasteiger partial charge in [-0.3, -0.25) is 9.10 Å². The van der Waals surface area contributed by atoms with Crippen LogP contribution in [0.5, 0.6) is 0 Å². The van der Waals surface area contributed by atoms with Crippen molar-refractivity contribution in [3.8, 4) is 0 Å². The van der Waals surface area contributed by atoms with Crippen molar-refractivity contribution in [2.24, 2.45) is 0 Å². The monoisotopic (exact) mass is 370 g/mol. The molecule has 5 nitrogen and oxygen atoms in total. The molecule has 0 saturated carbocycles. The van der Waals surface area contributed by atoms with Gasteiger partial charge >= 0.3 is 0 Å². The van der Waals surface area contributed by atoms with Crippen LogP contribution in [0.1, 0.15) is 10.4 Å². The summed E-state index contributed by atoms with van der Waals surface area (Å²) in [5, 5.41) is 0.212. The molecule has 0 radical (unpaired) electrons. The number of carbonyl (C=O) groups excluding carboxylic acids is 1. The van der Waals surface area contributed by atoms with Gasteiger partial charge in [-0.25, -0.2) is 12.8 Å². The molecule has 8 heteroatoms. The van der Waals surface area contributed by atoms with Crippen LogP contribution >= 0.6 is 11.6 Å². The van der Waals surface area contributed by atoms with E-state index in [1.54, 1.807) is 7.05 Å². The molecule has 0 unspecified atom stereocenters. The van der Waals surface area contributed by atoms with Gasteiger partial charge in [0.05, 0.1) is 17.0 Å². The number of anilines is 2. The maximum Gasteiger partial charge on any atom is 0.258 e. The number of hydrogen-bond acceptors (Lipinski definition) is 3. The van der Waals surface area contributed by atoms with Crippen molar-refractivity contribution in [3.05, 3.63) is 58.9 Å². The molecular weight excluding hydrogens is 355 g/mol. The normalized spacial score (nSPS) is 11.2. The second-order valence-corrected chi connectivity index (χ2v) is 7.66. The zero-order valence-corrected chi connectivity index (χ0v) is 14.9. The summed E-state index contributed by atoms with van der Waals surface area (Å²) < 4.78 is 37.4. The van der Waals surface area contributed by atoms with Crippen LogP contribution in [0, 0.1) is 5.82 Å². The van der Waals surface area contributed by atoms with Gasteiger partial charge in [0.25, 0.3) is 5.91 Å². The minimum atomic E-state index is -3.52. The van der Waals surface area contributed by atoms with Gasteiger partial charge in [-0.1, -0.05) is 11.6 Å². The van der Waals surface area contributed by atoms with Crippen LogP contribution in [0.4, 0.5) is 15.8 Å². The first-order chi connectivity index (χ1) is 11.1. The van der Waals surface area contributed by atoms with Gasteiger partial charge in [0.2, 0.25) is 10.0 Å². The largest absolute Gasteiger partial charge is 0.311 e. The summed E-state index contributed by atoms with van der Waals surface area (Å²) >= 11 is 6.04. The zero-order valence-electron chi connectivity index (χ0n) is 13.3. The molecule has 0 fully saturated rings. The Bertz CT molecular complexity index is 869. The van der Waals surface area contributed by atoms with E-state index in [1.165, 1.54) is 54.4 Å². The molecule has 0 N–H and O–H groups in total. The highest BCUT2D eigenvalue weighted by atomic mass is 35.5. The van der Waals surface area contributed by atoms with Crippen LogP contribution in [0.15, 0.2) is 42.5 Å². The van der Waals surface area contributed by atoms with E-state index in [4.69, 9.17) is 11.6 Å². The maximum absolute atomic E-state index is 13.0. The van der Waals surface area contributed by atoms with Crippen molar-refractivity contribution in [1.82, 2.24) is 0 Å². The van der Waals surface area contributed by atoms with Crippen molar-refractivity contribution in [3.63, 3.8) is 0 Å². The molecule has 0 atom stereocenters. The fourth-order valence-corrected chi connectivity index (χ4v) is 2.84. The standard InChI is InChI=1S/C16H16ClFN2O3S/c1-19(13-7-5-12(18)6-8-13)16(21)11-4-9-14(17)15(10-11)20(2)24(3,22)23/h4-10H,1-3H3. The highest BCUT2D eigenvalue weighted by Gasteiger charge is 2.19. The summed E-state index contributed by atoms with van der Waals surface area (Å²) in [6.45, 7) is 0. The molecule has 24 heavy (non-hydrogen) atoms. The number of sulfonamides is 1. The molecule has 0 aliphatic rings. The van der Waals surface area contributed by atoms with Crippen molar-refractivity contribution < 1.29 is 17.6 Å². The Labute approximate surface area is 145 Å². The number of benzene rings is 2. The lowest BCUT2D eigenvalue weighted by Gasteiger charge is -2.21. The Hall–Kier alpha value is -2.12. The molecule has 2 aromatic carbocycles. The Morgan fingerprint density at radius 1 is 1.08 bits per heavy atom. The van der Waals surface area contributed by atoms with E-state index in [0.717, 1.165) is 10.6 Å². The van der Waals surface area contributed by atoms with Crippen LogP contribution in [-0.2, 0) is 10.0 Å². The summed E-state index contributed by atoms with van der Waals surface area (Å²) in [6, 6.07) is 9.84. The van der Waals surface area contributed by atoms with Crippen LogP contribution in [0.3, 0.4) is 0 Å². The van der Waals surface area contributed by atoms with Gasteiger partial charge in [-0.15, -0.1) is 0 Å². The molecule has 0 spiro atoms. The van der Waals surface area contributed by atoms with Crippen molar-refractivity contribution in [2.45, 2.75) is 0 Å². The summed E-state index contributed by atoms with van der Waals surface area (Å²) in [5.74, 6) is -0.774. The third-order valence-electron chi connectivity index (χ3n) is 3.55.